The number of unbranched alkanes of at least 4 members (excludes halogenated alkanes) is 2. The van der Waals surface area contributed by atoms with Crippen LogP contribution in [-0.4, -0.2) is 67.8 Å². The zero-order chi connectivity index (χ0) is 47.7. The van der Waals surface area contributed by atoms with Gasteiger partial charge in [-0.15, -0.1) is 0 Å². The SMILES string of the molecule is CCCCC[C@H]1C(=O)C[C@@H](c2cc(OC)c(O)cc2CO)[C@@H](Cc2ccccc2)C#C[C@H]2CN[C@@]34CC[C@@]1(O)[C@@H]2[C@]31c2cc(O)c(O)cc2[C@H]2C[C@@H]1[C@@]13C[C@@]25CCC[C@H]5C=C1[C@@H](CCO)C=C[C@H]3C4. The van der Waals surface area contributed by atoms with Gasteiger partial charge < -0.3 is 40.7 Å². The maximum absolute atomic E-state index is 16.2. The molecule has 3 aromatic rings. The second-order valence-electron chi connectivity index (χ2n) is 23.4. The lowest BCUT2D eigenvalue weighted by Gasteiger charge is -2.81. The summed E-state index contributed by atoms with van der Waals surface area (Å²) in [7, 11) is 1.51. The number of hydrogen-bond acceptors (Lipinski definition) is 9. The molecule has 3 spiro atoms. The highest BCUT2D eigenvalue weighted by Crippen LogP contribution is 2.84. The fourth-order valence-corrected chi connectivity index (χ4v) is 18.7. The predicted octanol–water partition coefficient (Wildman–Crippen LogP) is 9.27. The van der Waals surface area contributed by atoms with Gasteiger partial charge in [-0.2, -0.15) is 0 Å². The van der Waals surface area contributed by atoms with Crippen LogP contribution >= 0.6 is 0 Å². The molecule has 15 atom stereocenters. The number of nitrogens with one attached hydrogen (secondary N) is 1. The van der Waals surface area contributed by atoms with Crippen LogP contribution in [0.3, 0.4) is 0 Å². The van der Waals surface area contributed by atoms with Crippen molar-refractivity contribution in [3.63, 3.8) is 0 Å². The van der Waals surface area contributed by atoms with E-state index in [4.69, 9.17) is 4.74 Å². The summed E-state index contributed by atoms with van der Waals surface area (Å²) in [4.78, 5) is 16.2. The number of piperidine rings is 1. The van der Waals surface area contributed by atoms with Crippen LogP contribution < -0.4 is 10.1 Å². The van der Waals surface area contributed by atoms with Gasteiger partial charge in [-0.3, -0.25) is 4.79 Å². The molecule has 9 heteroatoms. The zero-order valence-electron chi connectivity index (χ0n) is 40.4. The number of fused-ring (bicyclic) bond motifs is 3. The number of ether oxygens (including phenoxy) is 1. The van der Waals surface area contributed by atoms with Crippen LogP contribution in [0.2, 0.25) is 0 Å². The Bertz CT molecular complexity index is 2680. The molecule has 364 valence electrons. The number of aromatic hydroxyl groups is 3. The summed E-state index contributed by atoms with van der Waals surface area (Å²) in [6.07, 6.45) is 19.4. The van der Waals surface area contributed by atoms with Gasteiger partial charge in [-0.1, -0.05) is 98.6 Å². The maximum atomic E-state index is 16.2. The topological polar surface area (TPSA) is 160 Å². The second kappa shape index (κ2) is 16.5. The van der Waals surface area contributed by atoms with Crippen molar-refractivity contribution in [3.05, 3.63) is 106 Å². The fraction of sp³-hybridized carbons (Fsp3) is 0.583. The van der Waals surface area contributed by atoms with Crippen molar-refractivity contribution in [1.29, 1.82) is 0 Å². The van der Waals surface area contributed by atoms with Crippen molar-refractivity contribution in [1.82, 2.24) is 5.32 Å². The van der Waals surface area contributed by atoms with Crippen molar-refractivity contribution in [2.24, 2.45) is 58.2 Å². The van der Waals surface area contributed by atoms with Gasteiger partial charge in [0.25, 0.3) is 0 Å². The molecule has 4 saturated carbocycles. The lowest BCUT2D eigenvalue weighted by atomic mass is 9.24. The number of hydrogen-bond donors (Lipinski definition) is 7. The summed E-state index contributed by atoms with van der Waals surface area (Å²) in [5, 5.41) is 75.1. The number of rotatable bonds is 11. The van der Waals surface area contributed by atoms with Crippen molar-refractivity contribution < 1.29 is 40.2 Å². The molecule has 0 radical (unpaired) electrons. The average molecular weight is 934 g/mol. The van der Waals surface area contributed by atoms with Crippen molar-refractivity contribution in [2.75, 3.05) is 20.3 Å². The molecule has 9 aliphatic rings. The third-order valence-electron chi connectivity index (χ3n) is 21.0. The number of methoxy groups -OCH3 is 1. The van der Waals surface area contributed by atoms with E-state index in [9.17, 15) is 30.6 Å². The predicted molar refractivity (Wildman–Crippen MR) is 264 cm³/mol. The van der Waals surface area contributed by atoms with E-state index in [-0.39, 0.29) is 94.8 Å². The van der Waals surface area contributed by atoms with Gasteiger partial charge >= 0.3 is 0 Å². The van der Waals surface area contributed by atoms with E-state index in [0.29, 0.717) is 50.1 Å². The first-order valence-electron chi connectivity index (χ1n) is 26.6. The lowest BCUT2D eigenvalue weighted by molar-refractivity contribution is -0.255. The van der Waals surface area contributed by atoms with E-state index in [1.165, 1.54) is 12.7 Å². The van der Waals surface area contributed by atoms with Crippen LogP contribution in [0.5, 0.6) is 23.0 Å². The number of ketones is 1. The van der Waals surface area contributed by atoms with Crippen LogP contribution in [0.4, 0.5) is 0 Å². The molecule has 6 bridgehead atoms. The molecular weight excluding hydrogens is 863 g/mol. The van der Waals surface area contributed by atoms with Gasteiger partial charge in [0.05, 0.1) is 19.3 Å². The van der Waals surface area contributed by atoms with Crippen LogP contribution in [0.15, 0.2) is 78.4 Å². The van der Waals surface area contributed by atoms with Crippen molar-refractivity contribution in [2.45, 2.75) is 138 Å². The first-order chi connectivity index (χ1) is 33.4. The Hall–Kier alpha value is -4.59. The van der Waals surface area contributed by atoms with Gasteiger partial charge in [0.15, 0.2) is 23.0 Å². The summed E-state index contributed by atoms with van der Waals surface area (Å²) in [6, 6.07) is 17.4. The minimum Gasteiger partial charge on any atom is -0.504 e. The summed E-state index contributed by atoms with van der Waals surface area (Å²) >= 11 is 0. The molecule has 12 rings (SSSR count). The Kier molecular flexibility index (Phi) is 10.9. The zero-order valence-corrected chi connectivity index (χ0v) is 40.4. The summed E-state index contributed by atoms with van der Waals surface area (Å²) in [6.45, 7) is 2.47. The highest BCUT2D eigenvalue weighted by Gasteiger charge is 2.83. The van der Waals surface area contributed by atoms with Gasteiger partial charge in [0, 0.05) is 71.4 Å². The number of phenolic OH excluding ortho intramolecular Hbond substituents is 3. The number of allylic oxidation sites excluding steroid dienone is 4. The van der Waals surface area contributed by atoms with E-state index in [2.05, 4.69) is 54.4 Å². The molecule has 7 N–H and O–H groups in total. The molecule has 0 unspecified atom stereocenters. The smallest absolute Gasteiger partial charge is 0.160 e. The van der Waals surface area contributed by atoms with Gasteiger partial charge in [0.1, 0.15) is 5.78 Å². The molecule has 69 heavy (non-hydrogen) atoms. The Morgan fingerprint density at radius 3 is 2.51 bits per heavy atom. The highest BCUT2D eigenvalue weighted by molar-refractivity contribution is 5.84. The fourth-order valence-electron chi connectivity index (χ4n) is 18.7. The molecule has 1 aliphatic heterocycles. The monoisotopic (exact) mass is 934 g/mol. The van der Waals surface area contributed by atoms with Crippen LogP contribution in [0.1, 0.15) is 136 Å². The maximum Gasteiger partial charge on any atom is 0.160 e. The van der Waals surface area contributed by atoms with E-state index in [1.807, 2.05) is 30.3 Å². The number of carbonyl (C=O) groups is 1. The van der Waals surface area contributed by atoms with E-state index in [0.717, 1.165) is 80.0 Å². The van der Waals surface area contributed by atoms with Crippen molar-refractivity contribution >= 4 is 5.78 Å². The first-order valence-corrected chi connectivity index (χ1v) is 26.6. The lowest BCUT2D eigenvalue weighted by Crippen LogP contribution is -2.86. The second-order valence-corrected chi connectivity index (χ2v) is 23.4. The number of benzene rings is 3. The number of phenols is 3. The van der Waals surface area contributed by atoms with Crippen molar-refractivity contribution in [3.8, 4) is 34.8 Å². The normalized spacial score (nSPS) is 40.6. The minimum absolute atomic E-state index is 0.00467. The van der Waals surface area contributed by atoms with E-state index in [1.54, 1.807) is 12.1 Å². The Morgan fingerprint density at radius 1 is 0.899 bits per heavy atom. The summed E-state index contributed by atoms with van der Waals surface area (Å²) < 4.78 is 5.68. The average Bonchev–Trinajstić information content (AvgIpc) is 3.76. The third-order valence-corrected chi connectivity index (χ3v) is 21.0. The largest absolute Gasteiger partial charge is 0.504 e. The third kappa shape index (κ3) is 6.14. The Labute approximate surface area is 407 Å². The molecule has 0 amide bonds. The Morgan fingerprint density at radius 2 is 1.72 bits per heavy atom. The molecular formula is C60H71NO8. The van der Waals surface area contributed by atoms with Gasteiger partial charge in [-0.05, 0) is 145 Å². The molecule has 5 fully saturated rings. The van der Waals surface area contributed by atoms with E-state index >= 15 is 4.79 Å². The molecule has 3 aromatic carbocycles. The summed E-state index contributed by atoms with van der Waals surface area (Å²) in [5.74, 6) is 6.27. The van der Waals surface area contributed by atoms with Crippen LogP contribution in [0, 0.1) is 70.0 Å². The number of aliphatic hydroxyl groups excluding tert-OH is 2. The Balaban J connectivity index is 1.14. The number of Topliss-reactive ketones (excluding diaryl/α,β-unsaturated/α-hetero) is 1. The molecule has 1 saturated heterocycles. The van der Waals surface area contributed by atoms with Crippen LogP contribution in [-0.2, 0) is 23.2 Å². The number of aliphatic hydroxyl groups is 3. The number of carbonyl (C=O) groups excluding carboxylic acids is 1. The minimum atomic E-state index is -1.47. The molecule has 8 aliphatic carbocycles. The molecule has 9 nitrogen and oxygen atoms in total. The quantitative estimate of drug-likeness (QED) is 0.0431. The van der Waals surface area contributed by atoms with Gasteiger partial charge in [0.2, 0.25) is 0 Å². The van der Waals surface area contributed by atoms with Gasteiger partial charge in [-0.25, -0.2) is 0 Å². The summed E-state index contributed by atoms with van der Waals surface area (Å²) in [5.41, 5.74) is 2.95. The van der Waals surface area contributed by atoms with Crippen LogP contribution in [0.25, 0.3) is 0 Å². The molecule has 0 aromatic heterocycles. The molecule has 1 heterocycles. The van der Waals surface area contributed by atoms with E-state index < -0.39 is 34.3 Å². The highest BCUT2D eigenvalue weighted by atomic mass is 16.5. The first kappa shape index (κ1) is 45.5. The standard InChI is InChI=1S/C60H71NO8/c1-3-4-6-13-45-49(64)26-42(43-28-53(69-2)52(67)24-39(43)33-63)37(23-35-10-7-5-8-11-35)14-15-38-32-61-57-20-21-59(45,68)55(38)60(57)48-29-51(66)50(65)27-44(48)47-30-54(60)58-34-56(47)19-9-12-40(56)25-46(58)36(18-22-62)16-17-41(58)31-57/h5,7-8,10-11,16-17,24-25,27-29,36-38,40-42,45,47,54-55,61-63,65-68H,3-4,6,9,12-13,18-23,26,30-34H2,1-2H3/t36-,37-,38+,40+,41+,42-,45+,47-,54-,55-,56-,57-,58-,59+,60-/m1/s1.